The maximum Gasteiger partial charge on any atom is 0.0781 e. The smallest absolute Gasteiger partial charge is 0.0781 e. The molecule has 1 aliphatic rings. The van der Waals surface area contributed by atoms with Crippen LogP contribution in [0, 0.1) is 0 Å². The molecular weight excluding hydrogens is 214 g/mol. The second kappa shape index (κ2) is 5.52. The first-order valence-electron chi connectivity index (χ1n) is 6.35. The van der Waals surface area contributed by atoms with Crippen molar-refractivity contribution in [3.05, 3.63) is 29.8 Å². The predicted molar refractivity (Wildman–Crippen MR) is 69.1 cm³/mol. The number of para-hydroxylation sites is 1. The Morgan fingerprint density at radius 1 is 1.41 bits per heavy atom. The van der Waals surface area contributed by atoms with Crippen LogP contribution >= 0.6 is 0 Å². The average Bonchev–Trinajstić information content (AvgIpc) is 2.26. The van der Waals surface area contributed by atoms with Gasteiger partial charge in [-0.05, 0) is 32.8 Å². The van der Waals surface area contributed by atoms with Crippen LogP contribution < -0.4 is 5.32 Å². The van der Waals surface area contributed by atoms with E-state index in [4.69, 9.17) is 4.74 Å². The van der Waals surface area contributed by atoms with Crippen molar-refractivity contribution in [3.8, 4) is 0 Å². The van der Waals surface area contributed by atoms with Crippen LogP contribution in [-0.4, -0.2) is 23.9 Å². The van der Waals surface area contributed by atoms with E-state index in [0.717, 1.165) is 30.7 Å². The van der Waals surface area contributed by atoms with Gasteiger partial charge in [0.2, 0.25) is 0 Å². The lowest BCUT2D eigenvalue weighted by atomic mass is 9.88. The zero-order valence-electron chi connectivity index (χ0n) is 10.5. The molecule has 1 saturated carbocycles. The van der Waals surface area contributed by atoms with E-state index in [1.807, 2.05) is 31.2 Å². The van der Waals surface area contributed by atoms with Gasteiger partial charge in [0.15, 0.2) is 0 Å². The van der Waals surface area contributed by atoms with E-state index in [1.54, 1.807) is 6.92 Å². The van der Waals surface area contributed by atoms with Gasteiger partial charge in [0.25, 0.3) is 0 Å². The molecule has 17 heavy (non-hydrogen) atoms. The first kappa shape index (κ1) is 12.4. The molecule has 3 heteroatoms. The van der Waals surface area contributed by atoms with Gasteiger partial charge >= 0.3 is 0 Å². The average molecular weight is 235 g/mol. The topological polar surface area (TPSA) is 41.5 Å². The van der Waals surface area contributed by atoms with Crippen molar-refractivity contribution in [3.63, 3.8) is 0 Å². The van der Waals surface area contributed by atoms with E-state index in [1.165, 1.54) is 0 Å². The third kappa shape index (κ3) is 2.99. The number of hydrogen-bond acceptors (Lipinski definition) is 3. The summed E-state index contributed by atoms with van der Waals surface area (Å²) in [4.78, 5) is 0. The fourth-order valence-corrected chi connectivity index (χ4v) is 2.27. The lowest BCUT2D eigenvalue weighted by molar-refractivity contribution is 0.00295. The van der Waals surface area contributed by atoms with Crippen LogP contribution in [-0.2, 0) is 4.74 Å². The van der Waals surface area contributed by atoms with E-state index in [-0.39, 0.29) is 0 Å². The van der Waals surface area contributed by atoms with Crippen LogP contribution in [0.25, 0.3) is 0 Å². The summed E-state index contributed by atoms with van der Waals surface area (Å²) in [7, 11) is 0. The third-order valence-corrected chi connectivity index (χ3v) is 3.27. The van der Waals surface area contributed by atoms with Crippen molar-refractivity contribution in [2.75, 3.05) is 11.9 Å². The zero-order chi connectivity index (χ0) is 12.3. The molecule has 0 bridgehead atoms. The summed E-state index contributed by atoms with van der Waals surface area (Å²) in [6.07, 6.45) is 2.10. The minimum atomic E-state index is -0.429. The molecule has 0 aliphatic heterocycles. The van der Waals surface area contributed by atoms with Gasteiger partial charge in [0, 0.05) is 23.9 Å². The summed E-state index contributed by atoms with van der Waals surface area (Å²) >= 11 is 0. The Morgan fingerprint density at radius 2 is 2.12 bits per heavy atom. The number of rotatable bonds is 5. The fraction of sp³-hybridized carbons (Fsp3) is 0.571. The predicted octanol–water partition coefficient (Wildman–Crippen LogP) is 2.72. The monoisotopic (exact) mass is 235 g/mol. The standard InChI is InChI=1S/C14H21NO2/c1-3-17-12-8-11(9-12)15-14-7-5-4-6-13(14)10(2)16/h4-7,10-12,15-16H,3,8-9H2,1-2H3. The summed E-state index contributed by atoms with van der Waals surface area (Å²) < 4.78 is 5.53. The molecule has 3 nitrogen and oxygen atoms in total. The Bertz CT molecular complexity index is 359. The Labute approximate surface area is 103 Å². The van der Waals surface area contributed by atoms with E-state index in [9.17, 15) is 5.11 Å². The van der Waals surface area contributed by atoms with Gasteiger partial charge in [-0.1, -0.05) is 18.2 Å². The van der Waals surface area contributed by atoms with E-state index in [0.29, 0.717) is 12.1 Å². The Balaban J connectivity index is 1.92. The number of anilines is 1. The van der Waals surface area contributed by atoms with Crippen molar-refractivity contribution < 1.29 is 9.84 Å². The summed E-state index contributed by atoms with van der Waals surface area (Å²) in [6.45, 7) is 4.62. The van der Waals surface area contributed by atoms with Gasteiger partial charge in [-0.3, -0.25) is 0 Å². The van der Waals surface area contributed by atoms with Crippen LogP contribution in [0.5, 0.6) is 0 Å². The highest BCUT2D eigenvalue weighted by Crippen LogP contribution is 2.30. The lowest BCUT2D eigenvalue weighted by Crippen LogP contribution is -2.41. The molecule has 1 unspecified atom stereocenters. The van der Waals surface area contributed by atoms with Gasteiger partial charge in [0.1, 0.15) is 0 Å². The second-order valence-corrected chi connectivity index (χ2v) is 4.65. The SMILES string of the molecule is CCOC1CC(Nc2ccccc2C(C)O)C1. The van der Waals surface area contributed by atoms with Crippen LogP contribution in [0.4, 0.5) is 5.69 Å². The minimum Gasteiger partial charge on any atom is -0.389 e. The van der Waals surface area contributed by atoms with Crippen LogP contribution in [0.3, 0.4) is 0 Å². The van der Waals surface area contributed by atoms with Crippen LogP contribution in [0.2, 0.25) is 0 Å². The summed E-state index contributed by atoms with van der Waals surface area (Å²) in [5, 5.41) is 13.2. The second-order valence-electron chi connectivity index (χ2n) is 4.65. The number of aliphatic hydroxyl groups is 1. The fourth-order valence-electron chi connectivity index (χ4n) is 2.27. The molecule has 0 aromatic heterocycles. The molecule has 1 aromatic carbocycles. The summed E-state index contributed by atoms with van der Waals surface area (Å²) in [6, 6.07) is 8.41. The van der Waals surface area contributed by atoms with Crippen molar-refractivity contribution in [1.82, 2.24) is 0 Å². The normalized spacial score (nSPS) is 25.1. The molecule has 1 aliphatic carbocycles. The summed E-state index contributed by atoms with van der Waals surface area (Å²) in [5.74, 6) is 0. The molecule has 2 rings (SSSR count). The molecule has 2 N–H and O–H groups in total. The van der Waals surface area contributed by atoms with Crippen molar-refractivity contribution in [2.24, 2.45) is 0 Å². The van der Waals surface area contributed by atoms with Crippen molar-refractivity contribution in [1.29, 1.82) is 0 Å². The third-order valence-electron chi connectivity index (χ3n) is 3.27. The van der Waals surface area contributed by atoms with E-state index in [2.05, 4.69) is 5.32 Å². The number of aliphatic hydroxyl groups excluding tert-OH is 1. The van der Waals surface area contributed by atoms with Gasteiger partial charge in [-0.2, -0.15) is 0 Å². The quantitative estimate of drug-likeness (QED) is 0.824. The maximum absolute atomic E-state index is 9.68. The number of hydrogen-bond donors (Lipinski definition) is 2. The Hall–Kier alpha value is -1.06. The zero-order valence-corrected chi connectivity index (χ0v) is 10.5. The number of nitrogens with one attached hydrogen (secondary N) is 1. The highest BCUT2D eigenvalue weighted by atomic mass is 16.5. The summed E-state index contributed by atoms with van der Waals surface area (Å²) in [5.41, 5.74) is 2.01. The molecule has 94 valence electrons. The molecular formula is C14H21NO2. The maximum atomic E-state index is 9.68. The van der Waals surface area contributed by atoms with Gasteiger partial charge < -0.3 is 15.2 Å². The Kier molecular flexibility index (Phi) is 4.02. The molecule has 1 aromatic rings. The first-order valence-corrected chi connectivity index (χ1v) is 6.35. The van der Waals surface area contributed by atoms with Crippen molar-refractivity contribution >= 4 is 5.69 Å². The van der Waals surface area contributed by atoms with Gasteiger partial charge in [0.05, 0.1) is 12.2 Å². The highest BCUT2D eigenvalue weighted by molar-refractivity contribution is 5.53. The largest absolute Gasteiger partial charge is 0.389 e. The molecule has 0 amide bonds. The molecule has 0 spiro atoms. The van der Waals surface area contributed by atoms with Crippen molar-refractivity contribution in [2.45, 2.75) is 44.9 Å². The van der Waals surface area contributed by atoms with Gasteiger partial charge in [-0.25, -0.2) is 0 Å². The number of ether oxygens (including phenoxy) is 1. The number of benzene rings is 1. The van der Waals surface area contributed by atoms with E-state index >= 15 is 0 Å². The highest BCUT2D eigenvalue weighted by Gasteiger charge is 2.29. The lowest BCUT2D eigenvalue weighted by Gasteiger charge is -2.36. The van der Waals surface area contributed by atoms with Crippen LogP contribution in [0.1, 0.15) is 38.4 Å². The van der Waals surface area contributed by atoms with Gasteiger partial charge in [-0.15, -0.1) is 0 Å². The first-order chi connectivity index (χ1) is 8.20. The van der Waals surface area contributed by atoms with Crippen LogP contribution in [0.15, 0.2) is 24.3 Å². The molecule has 0 heterocycles. The molecule has 0 saturated heterocycles. The van der Waals surface area contributed by atoms with E-state index < -0.39 is 6.10 Å². The Morgan fingerprint density at radius 3 is 2.76 bits per heavy atom. The minimum absolute atomic E-state index is 0.413. The molecule has 0 radical (unpaired) electrons. The molecule has 1 fully saturated rings. The molecule has 1 atom stereocenters.